The number of nitrogens with one attached hydrogen (secondary N) is 1. The Morgan fingerprint density at radius 2 is 1.90 bits per heavy atom. The summed E-state index contributed by atoms with van der Waals surface area (Å²) in [6, 6.07) is 7.31. The van der Waals surface area contributed by atoms with Gasteiger partial charge >= 0.3 is 12.1 Å². The SMILES string of the molecule is C.CN(C(=O)Nc1ccc(-c2ccc(Cl)s2)nc1)C1CCN(C(=O)OC(C)(C)C)CC1. The van der Waals surface area contributed by atoms with Crippen LogP contribution in [-0.4, -0.2) is 58.7 Å². The molecule has 3 rings (SSSR count). The molecule has 0 saturated carbocycles. The Kier molecular flexibility index (Phi) is 8.31. The maximum absolute atomic E-state index is 12.6. The van der Waals surface area contributed by atoms with Gasteiger partial charge in [0.25, 0.3) is 0 Å². The van der Waals surface area contributed by atoms with Crippen molar-refractivity contribution in [2.45, 2.75) is 52.7 Å². The van der Waals surface area contributed by atoms with Crippen LogP contribution >= 0.6 is 22.9 Å². The van der Waals surface area contributed by atoms with Gasteiger partial charge in [-0.3, -0.25) is 4.98 Å². The third kappa shape index (κ3) is 6.83. The van der Waals surface area contributed by atoms with Gasteiger partial charge in [-0.15, -0.1) is 11.3 Å². The molecule has 1 aliphatic rings. The minimum atomic E-state index is -0.510. The molecule has 2 aromatic heterocycles. The normalized spacial score (nSPS) is 14.5. The lowest BCUT2D eigenvalue weighted by molar-refractivity contribution is 0.0174. The van der Waals surface area contributed by atoms with Crippen LogP contribution in [0.5, 0.6) is 0 Å². The van der Waals surface area contributed by atoms with E-state index < -0.39 is 5.60 Å². The predicted octanol–water partition coefficient (Wildman–Crippen LogP) is 5.96. The summed E-state index contributed by atoms with van der Waals surface area (Å²) >= 11 is 7.43. The summed E-state index contributed by atoms with van der Waals surface area (Å²) in [7, 11) is 1.78. The van der Waals surface area contributed by atoms with Crippen LogP contribution in [0.4, 0.5) is 15.3 Å². The molecule has 2 aromatic rings. The molecule has 0 aromatic carbocycles. The van der Waals surface area contributed by atoms with Crippen molar-refractivity contribution >= 4 is 40.7 Å². The summed E-state index contributed by atoms with van der Waals surface area (Å²) in [6.07, 6.45) is 2.75. The number of hydrogen-bond acceptors (Lipinski definition) is 5. The van der Waals surface area contributed by atoms with Crippen LogP contribution in [0.3, 0.4) is 0 Å². The van der Waals surface area contributed by atoms with Crippen LogP contribution in [0.2, 0.25) is 4.34 Å². The zero-order valence-corrected chi connectivity index (χ0v) is 19.2. The van der Waals surface area contributed by atoms with E-state index in [1.165, 1.54) is 11.3 Å². The van der Waals surface area contributed by atoms with Gasteiger partial charge in [0.15, 0.2) is 0 Å². The highest BCUT2D eigenvalue weighted by atomic mass is 35.5. The lowest BCUT2D eigenvalue weighted by Crippen LogP contribution is -2.49. The Hall–Kier alpha value is -2.32. The summed E-state index contributed by atoms with van der Waals surface area (Å²) in [5.41, 5.74) is 0.932. The molecule has 0 atom stereocenters. The van der Waals surface area contributed by atoms with Gasteiger partial charge in [0, 0.05) is 26.2 Å². The Bertz CT molecular complexity index is 887. The number of ether oxygens (including phenoxy) is 1. The first-order valence-corrected chi connectivity index (χ1v) is 11.1. The van der Waals surface area contributed by atoms with E-state index in [-0.39, 0.29) is 25.6 Å². The number of pyridine rings is 1. The van der Waals surface area contributed by atoms with Crippen LogP contribution in [0, 0.1) is 0 Å². The molecule has 170 valence electrons. The molecular formula is C22H31ClN4O3S. The van der Waals surface area contributed by atoms with E-state index in [1.807, 2.05) is 45.0 Å². The smallest absolute Gasteiger partial charge is 0.410 e. The number of rotatable bonds is 3. The molecule has 7 nitrogen and oxygen atoms in total. The summed E-state index contributed by atoms with van der Waals surface area (Å²) < 4.78 is 6.13. The first kappa shape index (κ1) is 24.9. The van der Waals surface area contributed by atoms with Gasteiger partial charge in [0.05, 0.1) is 26.8 Å². The Morgan fingerprint density at radius 3 is 2.42 bits per heavy atom. The van der Waals surface area contributed by atoms with E-state index in [2.05, 4.69) is 10.3 Å². The number of thiophene rings is 1. The number of carbonyl (C=O) groups is 2. The first-order chi connectivity index (χ1) is 14.1. The standard InChI is InChI=1S/C21H27ClN4O3S.CH4/c1-21(2,3)29-20(28)26-11-9-15(10-12-26)25(4)19(27)24-14-5-6-16(23-13-14)17-7-8-18(22)30-17;/h5-8,13,15H,9-12H2,1-4H3,(H,24,27);1H4. The molecule has 1 N–H and O–H groups in total. The van der Waals surface area contributed by atoms with Crippen LogP contribution in [-0.2, 0) is 4.74 Å². The molecule has 1 fully saturated rings. The van der Waals surface area contributed by atoms with Crippen LogP contribution in [0.25, 0.3) is 10.6 Å². The lowest BCUT2D eigenvalue weighted by Gasteiger charge is -2.37. The number of aromatic nitrogens is 1. The molecule has 0 unspecified atom stereocenters. The van der Waals surface area contributed by atoms with Crippen molar-refractivity contribution in [1.29, 1.82) is 0 Å². The summed E-state index contributed by atoms with van der Waals surface area (Å²) in [5, 5.41) is 2.88. The van der Waals surface area contributed by atoms with Gasteiger partial charge in [0.2, 0.25) is 0 Å². The van der Waals surface area contributed by atoms with E-state index in [1.54, 1.807) is 23.0 Å². The highest BCUT2D eigenvalue weighted by molar-refractivity contribution is 7.19. The molecule has 3 amide bonds. The molecular weight excluding hydrogens is 436 g/mol. The quantitative estimate of drug-likeness (QED) is 0.605. The Labute approximate surface area is 193 Å². The number of halogens is 1. The molecule has 0 radical (unpaired) electrons. The number of likely N-dealkylation sites (tertiary alicyclic amines) is 1. The Morgan fingerprint density at radius 1 is 1.23 bits per heavy atom. The van der Waals surface area contributed by atoms with Gasteiger partial charge in [-0.25, -0.2) is 9.59 Å². The molecule has 0 bridgehead atoms. The molecule has 1 aliphatic heterocycles. The molecule has 0 aliphatic carbocycles. The van der Waals surface area contributed by atoms with Crippen molar-refractivity contribution in [2.75, 3.05) is 25.5 Å². The topological polar surface area (TPSA) is 74.8 Å². The second kappa shape index (κ2) is 10.3. The molecule has 0 spiro atoms. The van der Waals surface area contributed by atoms with Crippen LogP contribution in [0.15, 0.2) is 30.5 Å². The van der Waals surface area contributed by atoms with Gasteiger partial charge < -0.3 is 19.9 Å². The van der Waals surface area contributed by atoms with Crippen molar-refractivity contribution < 1.29 is 14.3 Å². The van der Waals surface area contributed by atoms with E-state index in [0.717, 1.165) is 10.6 Å². The maximum Gasteiger partial charge on any atom is 0.410 e. The average molecular weight is 467 g/mol. The van der Waals surface area contributed by atoms with Crippen molar-refractivity contribution in [1.82, 2.24) is 14.8 Å². The maximum atomic E-state index is 12.6. The predicted molar refractivity (Wildman–Crippen MR) is 127 cm³/mol. The number of hydrogen-bond donors (Lipinski definition) is 1. The van der Waals surface area contributed by atoms with Crippen LogP contribution in [0.1, 0.15) is 41.0 Å². The highest BCUT2D eigenvalue weighted by Crippen LogP contribution is 2.30. The fourth-order valence-corrected chi connectivity index (χ4v) is 4.23. The summed E-state index contributed by atoms with van der Waals surface area (Å²) in [4.78, 5) is 33.6. The van der Waals surface area contributed by atoms with E-state index in [9.17, 15) is 9.59 Å². The zero-order chi connectivity index (χ0) is 21.9. The van der Waals surface area contributed by atoms with E-state index in [0.29, 0.717) is 36.0 Å². The van der Waals surface area contributed by atoms with Crippen LogP contribution < -0.4 is 5.32 Å². The summed E-state index contributed by atoms with van der Waals surface area (Å²) in [5.74, 6) is 0. The van der Waals surface area contributed by atoms with Crippen molar-refractivity contribution in [3.05, 3.63) is 34.8 Å². The van der Waals surface area contributed by atoms with Gasteiger partial charge in [0.1, 0.15) is 5.60 Å². The monoisotopic (exact) mass is 466 g/mol. The van der Waals surface area contributed by atoms with E-state index in [4.69, 9.17) is 16.3 Å². The molecule has 1 saturated heterocycles. The third-order valence-corrected chi connectivity index (χ3v) is 6.08. The van der Waals surface area contributed by atoms with Gasteiger partial charge in [-0.2, -0.15) is 0 Å². The molecule has 9 heteroatoms. The number of carbonyl (C=O) groups excluding carboxylic acids is 2. The second-order valence-electron chi connectivity index (χ2n) is 8.28. The van der Waals surface area contributed by atoms with Crippen molar-refractivity contribution in [2.24, 2.45) is 0 Å². The highest BCUT2D eigenvalue weighted by Gasteiger charge is 2.30. The Balaban J connectivity index is 0.00000341. The first-order valence-electron chi connectivity index (χ1n) is 9.86. The minimum Gasteiger partial charge on any atom is -0.444 e. The van der Waals surface area contributed by atoms with Crippen molar-refractivity contribution in [3.8, 4) is 10.6 Å². The number of amides is 3. The number of urea groups is 1. The number of nitrogens with zero attached hydrogens (tertiary/aromatic N) is 3. The minimum absolute atomic E-state index is 0. The van der Waals surface area contributed by atoms with Gasteiger partial charge in [-0.05, 0) is 57.9 Å². The zero-order valence-electron chi connectivity index (χ0n) is 17.6. The lowest BCUT2D eigenvalue weighted by atomic mass is 10.0. The fourth-order valence-electron chi connectivity index (χ4n) is 3.21. The average Bonchev–Trinajstić information content (AvgIpc) is 3.13. The molecule has 31 heavy (non-hydrogen) atoms. The third-order valence-electron chi connectivity index (χ3n) is 4.82. The largest absolute Gasteiger partial charge is 0.444 e. The van der Waals surface area contributed by atoms with Crippen molar-refractivity contribution in [3.63, 3.8) is 0 Å². The summed E-state index contributed by atoms with van der Waals surface area (Å²) in [6.45, 7) is 6.69. The fraction of sp³-hybridized carbons (Fsp3) is 0.500. The molecule has 3 heterocycles. The van der Waals surface area contributed by atoms with E-state index >= 15 is 0 Å². The number of anilines is 1. The van der Waals surface area contributed by atoms with Gasteiger partial charge in [-0.1, -0.05) is 19.0 Å². The second-order valence-corrected chi connectivity index (χ2v) is 9.99. The number of piperidine rings is 1.